The van der Waals surface area contributed by atoms with Crippen LogP contribution in [0.5, 0.6) is 5.75 Å². The SMILES string of the molecule is COc1ccc2nc(NC(=O)c3ccnnc3)n(C3CCCCNC3)c2c1Cl. The fourth-order valence-corrected chi connectivity index (χ4v) is 3.88. The van der Waals surface area contributed by atoms with Crippen LogP contribution >= 0.6 is 11.6 Å². The molecule has 1 saturated heterocycles. The van der Waals surface area contributed by atoms with Crippen LogP contribution in [0.2, 0.25) is 5.02 Å². The number of nitrogens with zero attached hydrogens (tertiary/aromatic N) is 4. The maximum absolute atomic E-state index is 12.7. The number of benzene rings is 1. The van der Waals surface area contributed by atoms with Gasteiger partial charge in [0, 0.05) is 12.6 Å². The Morgan fingerprint density at radius 1 is 1.32 bits per heavy atom. The van der Waals surface area contributed by atoms with Gasteiger partial charge in [-0.3, -0.25) is 10.1 Å². The highest BCUT2D eigenvalue weighted by Crippen LogP contribution is 2.37. The van der Waals surface area contributed by atoms with Crippen molar-refractivity contribution in [2.24, 2.45) is 0 Å². The molecule has 0 aliphatic carbocycles. The third kappa shape index (κ3) is 3.53. The summed E-state index contributed by atoms with van der Waals surface area (Å²) in [6, 6.07) is 5.36. The summed E-state index contributed by atoms with van der Waals surface area (Å²) >= 11 is 6.64. The van der Waals surface area contributed by atoms with E-state index in [9.17, 15) is 4.79 Å². The average molecular weight is 401 g/mol. The number of amides is 1. The quantitative estimate of drug-likeness (QED) is 0.699. The first-order chi connectivity index (χ1) is 13.7. The lowest BCUT2D eigenvalue weighted by Gasteiger charge is -2.21. The zero-order valence-electron chi connectivity index (χ0n) is 15.5. The summed E-state index contributed by atoms with van der Waals surface area (Å²) in [4.78, 5) is 17.3. The molecule has 0 saturated carbocycles. The molecule has 2 N–H and O–H groups in total. The third-order valence-electron chi connectivity index (χ3n) is 4.93. The van der Waals surface area contributed by atoms with E-state index in [1.165, 1.54) is 12.4 Å². The zero-order valence-corrected chi connectivity index (χ0v) is 16.2. The lowest BCUT2D eigenvalue weighted by Crippen LogP contribution is -2.25. The highest BCUT2D eigenvalue weighted by atomic mass is 35.5. The van der Waals surface area contributed by atoms with Crippen LogP contribution in [0.25, 0.3) is 11.0 Å². The molecule has 9 heteroatoms. The van der Waals surface area contributed by atoms with E-state index >= 15 is 0 Å². The minimum atomic E-state index is -0.295. The fraction of sp³-hybridized carbons (Fsp3) is 0.368. The summed E-state index contributed by atoms with van der Waals surface area (Å²) in [6.07, 6.45) is 6.07. The summed E-state index contributed by atoms with van der Waals surface area (Å²) in [5, 5.41) is 14.3. The minimum Gasteiger partial charge on any atom is -0.495 e. The number of ether oxygens (including phenoxy) is 1. The second-order valence-electron chi connectivity index (χ2n) is 6.69. The maximum Gasteiger partial charge on any atom is 0.259 e. The minimum absolute atomic E-state index is 0.114. The molecule has 1 aliphatic heterocycles. The van der Waals surface area contributed by atoms with E-state index < -0.39 is 0 Å². The number of methoxy groups -OCH3 is 1. The topological polar surface area (TPSA) is 94.0 Å². The number of aromatic nitrogens is 4. The molecule has 3 heterocycles. The van der Waals surface area contributed by atoms with Crippen LogP contribution in [0, 0.1) is 0 Å². The van der Waals surface area contributed by atoms with Gasteiger partial charge >= 0.3 is 0 Å². The fourth-order valence-electron chi connectivity index (χ4n) is 3.55. The monoisotopic (exact) mass is 400 g/mol. The number of halogens is 1. The Labute approximate surface area is 167 Å². The number of carbonyl (C=O) groups is 1. The van der Waals surface area contributed by atoms with Crippen molar-refractivity contribution in [3.05, 3.63) is 41.2 Å². The summed E-state index contributed by atoms with van der Waals surface area (Å²) in [7, 11) is 1.58. The van der Waals surface area contributed by atoms with E-state index in [0.717, 1.165) is 37.9 Å². The van der Waals surface area contributed by atoms with Gasteiger partial charge < -0.3 is 14.6 Å². The number of anilines is 1. The van der Waals surface area contributed by atoms with Gasteiger partial charge in [-0.2, -0.15) is 10.2 Å². The first-order valence-electron chi connectivity index (χ1n) is 9.22. The molecule has 1 amide bonds. The molecule has 0 radical (unpaired) electrons. The number of carbonyl (C=O) groups excluding carboxylic acids is 1. The Balaban J connectivity index is 1.81. The predicted molar refractivity (Wildman–Crippen MR) is 107 cm³/mol. The van der Waals surface area contributed by atoms with Crippen LogP contribution < -0.4 is 15.4 Å². The third-order valence-corrected chi connectivity index (χ3v) is 5.30. The van der Waals surface area contributed by atoms with Gasteiger partial charge in [0.2, 0.25) is 5.95 Å². The van der Waals surface area contributed by atoms with E-state index in [-0.39, 0.29) is 11.9 Å². The van der Waals surface area contributed by atoms with Crippen molar-refractivity contribution in [1.82, 2.24) is 25.1 Å². The van der Waals surface area contributed by atoms with Crippen molar-refractivity contribution < 1.29 is 9.53 Å². The van der Waals surface area contributed by atoms with E-state index in [4.69, 9.17) is 16.3 Å². The predicted octanol–water partition coefficient (Wildman–Crippen LogP) is 3.06. The summed E-state index contributed by atoms with van der Waals surface area (Å²) in [5.41, 5.74) is 1.88. The van der Waals surface area contributed by atoms with E-state index in [1.807, 2.05) is 10.6 Å². The van der Waals surface area contributed by atoms with Crippen molar-refractivity contribution in [2.75, 3.05) is 25.5 Å². The highest BCUT2D eigenvalue weighted by molar-refractivity contribution is 6.36. The van der Waals surface area contributed by atoms with E-state index in [2.05, 4.69) is 25.8 Å². The molecule has 146 valence electrons. The van der Waals surface area contributed by atoms with Crippen molar-refractivity contribution in [3.8, 4) is 5.75 Å². The molecule has 0 spiro atoms. The standard InChI is InChI=1S/C19H21ClN6O2/c1-28-15-6-5-14-17(16(15)20)26(13-4-2-3-8-21-11-13)19(24-14)25-18(27)12-7-9-22-23-10-12/h5-7,9-10,13,21H,2-4,8,11H2,1H3,(H,24,25,27). The van der Waals surface area contributed by atoms with Gasteiger partial charge in [0.15, 0.2) is 0 Å². The first kappa shape index (κ1) is 18.6. The number of nitrogens with one attached hydrogen (secondary N) is 2. The molecule has 8 nitrogen and oxygen atoms in total. The smallest absolute Gasteiger partial charge is 0.259 e. The average Bonchev–Trinajstić information content (AvgIpc) is 2.89. The molecule has 1 unspecified atom stereocenters. The molecule has 2 aromatic heterocycles. The Kier molecular flexibility index (Phi) is 5.40. The number of hydrogen-bond acceptors (Lipinski definition) is 6. The number of fused-ring (bicyclic) bond motifs is 1. The van der Waals surface area contributed by atoms with Crippen molar-refractivity contribution in [1.29, 1.82) is 0 Å². The summed E-state index contributed by atoms with van der Waals surface area (Å²) < 4.78 is 7.41. The maximum atomic E-state index is 12.7. The molecule has 1 aromatic carbocycles. The molecule has 1 atom stereocenters. The van der Waals surface area contributed by atoms with Crippen LogP contribution in [0.3, 0.4) is 0 Å². The van der Waals surface area contributed by atoms with Gasteiger partial charge in [0.25, 0.3) is 5.91 Å². The molecule has 1 fully saturated rings. The van der Waals surface area contributed by atoms with E-state index in [0.29, 0.717) is 27.8 Å². The van der Waals surface area contributed by atoms with Crippen molar-refractivity contribution >= 4 is 34.5 Å². The van der Waals surface area contributed by atoms with Gasteiger partial charge in [0.1, 0.15) is 10.8 Å². The number of hydrogen-bond donors (Lipinski definition) is 2. The molecular weight excluding hydrogens is 380 g/mol. The second kappa shape index (κ2) is 8.12. The highest BCUT2D eigenvalue weighted by Gasteiger charge is 2.25. The molecule has 0 bridgehead atoms. The number of imidazole rings is 1. The van der Waals surface area contributed by atoms with Crippen molar-refractivity contribution in [3.63, 3.8) is 0 Å². The Hall–Kier alpha value is -2.71. The van der Waals surface area contributed by atoms with Gasteiger partial charge in [-0.1, -0.05) is 18.0 Å². The summed E-state index contributed by atoms with van der Waals surface area (Å²) in [6.45, 7) is 1.75. The van der Waals surface area contributed by atoms with Crippen LogP contribution in [0.15, 0.2) is 30.6 Å². The van der Waals surface area contributed by atoms with E-state index in [1.54, 1.807) is 19.2 Å². The number of rotatable bonds is 4. The Bertz CT molecular complexity index is 983. The second-order valence-corrected chi connectivity index (χ2v) is 7.07. The normalized spacial score (nSPS) is 17.3. The molecule has 1 aliphatic rings. The van der Waals surface area contributed by atoms with Crippen LogP contribution in [-0.2, 0) is 0 Å². The van der Waals surface area contributed by atoms with Crippen LogP contribution in [-0.4, -0.2) is 45.9 Å². The van der Waals surface area contributed by atoms with Crippen LogP contribution in [0.4, 0.5) is 5.95 Å². The lowest BCUT2D eigenvalue weighted by molar-refractivity contribution is 0.102. The van der Waals surface area contributed by atoms with Crippen LogP contribution in [0.1, 0.15) is 35.7 Å². The lowest BCUT2D eigenvalue weighted by atomic mass is 10.1. The molecule has 28 heavy (non-hydrogen) atoms. The van der Waals surface area contributed by atoms with Gasteiger partial charge in [-0.25, -0.2) is 4.98 Å². The molecule has 4 rings (SSSR count). The molecular formula is C19H21ClN6O2. The van der Waals surface area contributed by atoms with Crippen molar-refractivity contribution in [2.45, 2.75) is 25.3 Å². The Morgan fingerprint density at radius 2 is 2.21 bits per heavy atom. The van der Waals surface area contributed by atoms with Gasteiger partial charge in [-0.05, 0) is 37.6 Å². The zero-order chi connectivity index (χ0) is 19.5. The largest absolute Gasteiger partial charge is 0.495 e. The first-order valence-corrected chi connectivity index (χ1v) is 9.60. The molecule has 3 aromatic rings. The van der Waals surface area contributed by atoms with Gasteiger partial charge in [-0.15, -0.1) is 0 Å². The summed E-state index contributed by atoms with van der Waals surface area (Å²) in [5.74, 6) is 0.741. The van der Waals surface area contributed by atoms with Gasteiger partial charge in [0.05, 0.1) is 36.1 Å². The Morgan fingerprint density at radius 3 is 3.00 bits per heavy atom.